The Kier molecular flexibility index (Phi) is 9.86. The highest BCUT2D eigenvalue weighted by atomic mass is 32.1. The normalized spacial score (nSPS) is 14.8. The number of furan rings is 1. The minimum atomic E-state index is -0.702. The van der Waals surface area contributed by atoms with Gasteiger partial charge >= 0.3 is 0 Å². The molecule has 85 heavy (non-hydrogen) atoms. The maximum absolute atomic E-state index is 7.42. The van der Waals surface area contributed by atoms with Crippen LogP contribution in [0.1, 0.15) is 83.3 Å². The number of nitrogens with zero attached hydrogens (tertiary/aromatic N) is 2. The molecule has 12 aromatic carbocycles. The van der Waals surface area contributed by atoms with Gasteiger partial charge in [-0.05, 0) is 171 Å². The van der Waals surface area contributed by atoms with Crippen LogP contribution in [-0.2, 0) is 16.2 Å². The Labute approximate surface area is 499 Å². The highest BCUT2D eigenvalue weighted by Crippen LogP contribution is 2.68. The van der Waals surface area contributed by atoms with Crippen LogP contribution in [-0.4, -0.2) is 0 Å². The lowest BCUT2D eigenvalue weighted by Gasteiger charge is -2.33. The van der Waals surface area contributed by atoms with Gasteiger partial charge in [-0.2, -0.15) is 0 Å². The van der Waals surface area contributed by atoms with Gasteiger partial charge in [-0.3, -0.25) is 0 Å². The molecule has 2 heterocycles. The highest BCUT2D eigenvalue weighted by molar-refractivity contribution is 7.26. The van der Waals surface area contributed by atoms with Gasteiger partial charge in [-0.25, -0.2) is 0 Å². The van der Waals surface area contributed by atoms with Crippen LogP contribution in [0.15, 0.2) is 247 Å². The van der Waals surface area contributed by atoms with Gasteiger partial charge in [0.1, 0.15) is 11.2 Å². The summed E-state index contributed by atoms with van der Waals surface area (Å²) < 4.78 is 9.95. The van der Waals surface area contributed by atoms with Gasteiger partial charge in [0, 0.05) is 87.0 Å². The molecule has 0 radical (unpaired) electrons. The van der Waals surface area contributed by atoms with Crippen LogP contribution in [0.5, 0.6) is 0 Å². The third-order valence-electron chi connectivity index (χ3n) is 20.0. The quantitative estimate of drug-likeness (QED) is 0.165. The van der Waals surface area contributed by atoms with Crippen LogP contribution in [0.2, 0.25) is 0 Å². The van der Waals surface area contributed by atoms with Crippen LogP contribution in [0.25, 0.3) is 86.6 Å². The maximum Gasteiger partial charge on any atom is 0.144 e. The number of benzene rings is 12. The number of aryl methyl sites for hydroxylation is 2. The smallest absolute Gasteiger partial charge is 0.144 e. The molecule has 3 nitrogen and oxygen atoms in total. The molecule has 0 saturated heterocycles. The molecular formula is C81H58N2OS. The first-order valence-corrected chi connectivity index (χ1v) is 30.7. The molecule has 404 valence electrons. The maximum atomic E-state index is 7.42. The van der Waals surface area contributed by atoms with Crippen molar-refractivity contribution in [2.75, 3.05) is 9.80 Å². The van der Waals surface area contributed by atoms with E-state index in [2.05, 4.69) is 294 Å². The van der Waals surface area contributed by atoms with Gasteiger partial charge in [0.2, 0.25) is 0 Å². The predicted molar refractivity (Wildman–Crippen MR) is 357 cm³/mol. The summed E-state index contributed by atoms with van der Waals surface area (Å²) in [5.41, 5.74) is 30.9. The molecule has 0 atom stereocenters. The fourth-order valence-electron chi connectivity index (χ4n) is 16.0. The molecule has 0 unspecified atom stereocenters. The van der Waals surface area contributed by atoms with Crippen molar-refractivity contribution in [3.05, 3.63) is 298 Å². The summed E-state index contributed by atoms with van der Waals surface area (Å²) in [4.78, 5) is 4.97. The molecule has 0 bridgehead atoms. The fraction of sp³-hybridized carbons (Fsp3) is 0.111. The molecule has 0 aliphatic heterocycles. The Morgan fingerprint density at radius 1 is 0.341 bits per heavy atom. The fourth-order valence-corrected chi connectivity index (χ4v) is 17.4. The number of thiophene rings is 1. The number of rotatable bonds is 6. The first-order valence-electron chi connectivity index (χ1n) is 29.9. The van der Waals surface area contributed by atoms with E-state index in [0.29, 0.717) is 0 Å². The number of fused-ring (bicyclic) bond motifs is 25. The van der Waals surface area contributed by atoms with E-state index < -0.39 is 5.41 Å². The molecule has 1 spiro atoms. The van der Waals surface area contributed by atoms with E-state index in [1.165, 1.54) is 126 Å². The van der Waals surface area contributed by atoms with Crippen molar-refractivity contribution in [1.29, 1.82) is 0 Å². The summed E-state index contributed by atoms with van der Waals surface area (Å²) in [6.45, 7) is 13.9. The molecule has 0 amide bonds. The molecular weight excluding hydrogens is 1050 g/mol. The van der Waals surface area contributed by atoms with E-state index >= 15 is 0 Å². The Morgan fingerprint density at radius 2 is 0.753 bits per heavy atom. The molecule has 2 aromatic heterocycles. The van der Waals surface area contributed by atoms with Gasteiger partial charge in [-0.1, -0.05) is 203 Å². The summed E-state index contributed by atoms with van der Waals surface area (Å²) in [6.07, 6.45) is 0. The second kappa shape index (κ2) is 17.2. The molecule has 4 heteroatoms. The Balaban J connectivity index is 0.909. The third kappa shape index (κ3) is 6.45. The lowest BCUT2D eigenvalue weighted by Crippen LogP contribution is -2.26. The minimum absolute atomic E-state index is 0.147. The predicted octanol–water partition coefficient (Wildman–Crippen LogP) is 22.5. The third-order valence-corrected chi connectivity index (χ3v) is 21.1. The van der Waals surface area contributed by atoms with Crippen LogP contribution < -0.4 is 9.80 Å². The minimum Gasteiger partial charge on any atom is -0.455 e. The summed E-state index contributed by atoms with van der Waals surface area (Å²) >= 11 is 1.94. The van der Waals surface area contributed by atoms with Gasteiger partial charge in [0.05, 0.1) is 5.41 Å². The van der Waals surface area contributed by atoms with Crippen molar-refractivity contribution in [3.8, 4) is 44.5 Å². The number of anilines is 6. The standard InChI is InChI=1S/C81H58N2OS/c1-47-27-31-49(32-28-47)82(51-35-39-59-55-17-7-12-22-64(55)79(3,4)68(59)43-51)53-37-41-61-70(45-53)81(66-24-14-9-19-57(66)58-20-10-15-25-67(58)81)76-75(61)77-73(62-21-11-16-26-71(62)84-77)74-63-42-38-54(46-72(63)85-78(74)76)83(50-33-29-48(2)30-34-50)52-36-40-60-56-18-8-13-23-65(56)80(5,6)69(60)44-52/h7-46H,1-6H3. The molecule has 4 aliphatic carbocycles. The van der Waals surface area contributed by atoms with Crippen molar-refractivity contribution < 1.29 is 4.42 Å². The van der Waals surface area contributed by atoms with Gasteiger partial charge in [0.15, 0.2) is 0 Å². The summed E-state index contributed by atoms with van der Waals surface area (Å²) in [7, 11) is 0. The van der Waals surface area contributed by atoms with E-state index in [-0.39, 0.29) is 10.8 Å². The van der Waals surface area contributed by atoms with Gasteiger partial charge in [-0.15, -0.1) is 11.3 Å². The number of hydrogen-bond acceptors (Lipinski definition) is 4. The second-order valence-electron chi connectivity index (χ2n) is 25.3. The van der Waals surface area contributed by atoms with Crippen molar-refractivity contribution in [2.45, 2.75) is 57.8 Å². The lowest BCUT2D eigenvalue weighted by molar-refractivity contribution is 0.660. The van der Waals surface area contributed by atoms with E-state index in [9.17, 15) is 0 Å². The summed E-state index contributed by atoms with van der Waals surface area (Å²) in [6, 6.07) is 92.0. The van der Waals surface area contributed by atoms with Crippen molar-refractivity contribution in [2.24, 2.45) is 0 Å². The topological polar surface area (TPSA) is 19.6 Å². The summed E-state index contributed by atoms with van der Waals surface area (Å²) in [5, 5.41) is 4.79. The largest absolute Gasteiger partial charge is 0.455 e. The van der Waals surface area contributed by atoms with Crippen LogP contribution in [0.3, 0.4) is 0 Å². The monoisotopic (exact) mass is 1110 g/mol. The van der Waals surface area contributed by atoms with Crippen LogP contribution in [0.4, 0.5) is 34.1 Å². The van der Waals surface area contributed by atoms with E-state index in [4.69, 9.17) is 4.42 Å². The average molecular weight is 1110 g/mol. The summed E-state index contributed by atoms with van der Waals surface area (Å²) in [5.74, 6) is 0. The first-order chi connectivity index (χ1) is 41.5. The molecule has 0 saturated carbocycles. The van der Waals surface area contributed by atoms with Crippen molar-refractivity contribution in [1.82, 2.24) is 0 Å². The van der Waals surface area contributed by atoms with Crippen LogP contribution >= 0.6 is 11.3 Å². The Morgan fingerprint density at radius 3 is 1.29 bits per heavy atom. The van der Waals surface area contributed by atoms with Gasteiger partial charge < -0.3 is 14.2 Å². The molecule has 0 fully saturated rings. The zero-order chi connectivity index (χ0) is 56.8. The van der Waals surface area contributed by atoms with Gasteiger partial charge in [0.25, 0.3) is 0 Å². The lowest BCUT2D eigenvalue weighted by atomic mass is 9.70. The molecule has 14 aromatic rings. The first kappa shape index (κ1) is 48.8. The van der Waals surface area contributed by atoms with Crippen LogP contribution in [0, 0.1) is 13.8 Å². The SMILES string of the molecule is Cc1ccc(N(c2ccc3c(c2)C(C)(C)c2ccccc2-3)c2ccc3c(c2)C2(c4ccccc4-c4ccccc42)c2c-3c3oc4ccccc4c3c3c2sc2cc(N(c4ccc(C)cc4)c4ccc5c(c4)C(C)(C)c4ccccc4-5)ccc23)cc1. The van der Waals surface area contributed by atoms with Crippen molar-refractivity contribution in [3.63, 3.8) is 0 Å². The molecule has 0 N–H and O–H groups in total. The molecule has 4 aliphatic rings. The molecule has 18 rings (SSSR count). The van der Waals surface area contributed by atoms with E-state index in [1.807, 2.05) is 11.3 Å². The zero-order valence-corrected chi connectivity index (χ0v) is 49.1. The second-order valence-corrected chi connectivity index (χ2v) is 26.3. The highest BCUT2D eigenvalue weighted by Gasteiger charge is 2.54. The van der Waals surface area contributed by atoms with E-state index in [0.717, 1.165) is 50.7 Å². The Bertz CT molecular complexity index is 5180. The zero-order valence-electron chi connectivity index (χ0n) is 48.3. The van der Waals surface area contributed by atoms with Crippen molar-refractivity contribution >= 4 is 87.6 Å². The average Bonchev–Trinajstić information content (AvgIpc) is 1.50. The van der Waals surface area contributed by atoms with E-state index in [1.54, 1.807) is 0 Å². The number of para-hydroxylation sites is 1. The Hall–Kier alpha value is -9.74. The number of hydrogen-bond donors (Lipinski definition) is 0.